The topological polar surface area (TPSA) is 73.6 Å². The minimum atomic E-state index is -0.311. The minimum absolute atomic E-state index is 0.284. The number of nitrogen functional groups attached to an aromatic ring is 1. The molecule has 0 aliphatic rings. The van der Waals surface area contributed by atoms with Gasteiger partial charge in [-0.3, -0.25) is 10.2 Å². The van der Waals surface area contributed by atoms with E-state index in [4.69, 9.17) is 15.3 Å². The van der Waals surface area contributed by atoms with E-state index in [1.165, 1.54) is 11.3 Å². The molecule has 2 rings (SSSR count). The van der Waals surface area contributed by atoms with Crippen LogP contribution in [0.15, 0.2) is 35.7 Å². The van der Waals surface area contributed by atoms with Crippen LogP contribution < -0.4 is 20.7 Å². The summed E-state index contributed by atoms with van der Waals surface area (Å²) in [4.78, 5) is 12.1. The second kappa shape index (κ2) is 6.21. The van der Waals surface area contributed by atoms with Crippen LogP contribution >= 0.6 is 11.3 Å². The van der Waals surface area contributed by atoms with Crippen molar-refractivity contribution in [3.8, 4) is 11.5 Å². The van der Waals surface area contributed by atoms with Gasteiger partial charge in [0.05, 0.1) is 12.0 Å². The summed E-state index contributed by atoms with van der Waals surface area (Å²) in [5.74, 6) is 6.11. The van der Waals surface area contributed by atoms with E-state index in [0.717, 1.165) is 5.56 Å². The maximum atomic E-state index is 11.5. The van der Waals surface area contributed by atoms with Crippen LogP contribution in [0.25, 0.3) is 0 Å². The van der Waals surface area contributed by atoms with Gasteiger partial charge in [0.15, 0.2) is 11.5 Å². The number of thiophene rings is 1. The number of amides is 1. The number of benzene rings is 1. The number of para-hydroxylation sites is 2. The number of carbonyl (C=O) groups is 1. The summed E-state index contributed by atoms with van der Waals surface area (Å²) in [6, 6.07) is 9.19. The second-order valence-electron chi connectivity index (χ2n) is 3.69. The molecular formula is C13H14N2O3S. The van der Waals surface area contributed by atoms with Gasteiger partial charge in [0.1, 0.15) is 6.61 Å². The van der Waals surface area contributed by atoms with Gasteiger partial charge < -0.3 is 9.47 Å². The highest BCUT2D eigenvalue weighted by molar-refractivity contribution is 7.12. The number of nitrogens with two attached hydrogens (primary N) is 1. The van der Waals surface area contributed by atoms with E-state index in [1.807, 2.05) is 35.7 Å². The monoisotopic (exact) mass is 278 g/mol. The largest absolute Gasteiger partial charge is 0.493 e. The number of hydrogen-bond acceptors (Lipinski definition) is 5. The van der Waals surface area contributed by atoms with Gasteiger partial charge in [-0.25, -0.2) is 5.84 Å². The lowest BCUT2D eigenvalue weighted by Gasteiger charge is -2.10. The van der Waals surface area contributed by atoms with Gasteiger partial charge in [-0.1, -0.05) is 12.1 Å². The molecular weight excluding hydrogens is 264 g/mol. The first-order chi connectivity index (χ1) is 9.26. The Hall–Kier alpha value is -2.05. The van der Waals surface area contributed by atoms with Crippen LogP contribution in [-0.2, 0) is 6.61 Å². The molecule has 1 heterocycles. The fraction of sp³-hybridized carbons (Fsp3) is 0.154. The highest BCUT2D eigenvalue weighted by Crippen LogP contribution is 2.27. The Morgan fingerprint density at radius 2 is 2.05 bits per heavy atom. The molecule has 0 spiro atoms. The van der Waals surface area contributed by atoms with Crippen molar-refractivity contribution in [2.24, 2.45) is 5.84 Å². The summed E-state index contributed by atoms with van der Waals surface area (Å²) in [5.41, 5.74) is 2.91. The van der Waals surface area contributed by atoms with E-state index in [1.54, 1.807) is 7.11 Å². The zero-order valence-electron chi connectivity index (χ0n) is 10.4. The molecule has 1 aromatic heterocycles. The quantitative estimate of drug-likeness (QED) is 0.498. The number of hydrogen-bond donors (Lipinski definition) is 2. The molecule has 0 unspecified atom stereocenters. The highest BCUT2D eigenvalue weighted by atomic mass is 32.1. The van der Waals surface area contributed by atoms with Gasteiger partial charge in [-0.05, 0) is 23.6 Å². The summed E-state index contributed by atoms with van der Waals surface area (Å²) in [6.45, 7) is 0.284. The predicted octanol–water partition coefficient (Wildman–Crippen LogP) is 1.94. The van der Waals surface area contributed by atoms with Crippen molar-refractivity contribution in [3.63, 3.8) is 0 Å². The van der Waals surface area contributed by atoms with Crippen molar-refractivity contribution >= 4 is 17.2 Å². The van der Waals surface area contributed by atoms with Crippen LogP contribution in [-0.4, -0.2) is 13.0 Å². The fourth-order valence-corrected chi connectivity index (χ4v) is 2.42. The Balaban J connectivity index is 2.11. The fourth-order valence-electron chi connectivity index (χ4n) is 1.61. The van der Waals surface area contributed by atoms with E-state index >= 15 is 0 Å². The van der Waals surface area contributed by atoms with E-state index in [2.05, 4.69) is 5.43 Å². The molecule has 1 aromatic carbocycles. The van der Waals surface area contributed by atoms with Gasteiger partial charge in [-0.15, -0.1) is 11.3 Å². The molecule has 1 amide bonds. The molecule has 0 aliphatic carbocycles. The number of rotatable bonds is 5. The molecule has 19 heavy (non-hydrogen) atoms. The molecule has 5 nitrogen and oxygen atoms in total. The average Bonchev–Trinajstić information content (AvgIpc) is 2.93. The smallest absolute Gasteiger partial charge is 0.275 e. The first kappa shape index (κ1) is 13.4. The Bertz CT molecular complexity index is 569. The highest BCUT2D eigenvalue weighted by Gasteiger charge is 2.13. The molecule has 0 aliphatic heterocycles. The molecule has 0 saturated heterocycles. The third-order valence-electron chi connectivity index (χ3n) is 2.54. The molecule has 0 radical (unpaired) electrons. The molecule has 6 heteroatoms. The van der Waals surface area contributed by atoms with Crippen LogP contribution in [0.4, 0.5) is 0 Å². The molecule has 2 aromatic rings. The van der Waals surface area contributed by atoms with Gasteiger partial charge in [0.2, 0.25) is 0 Å². The third kappa shape index (κ3) is 3.04. The maximum Gasteiger partial charge on any atom is 0.275 e. The lowest BCUT2D eigenvalue weighted by molar-refractivity contribution is 0.0955. The van der Waals surface area contributed by atoms with Crippen molar-refractivity contribution in [2.45, 2.75) is 6.61 Å². The van der Waals surface area contributed by atoms with Crippen molar-refractivity contribution in [1.29, 1.82) is 0 Å². The Morgan fingerprint density at radius 3 is 2.74 bits per heavy atom. The van der Waals surface area contributed by atoms with Crippen LogP contribution in [0.2, 0.25) is 0 Å². The van der Waals surface area contributed by atoms with E-state index in [9.17, 15) is 4.79 Å². The van der Waals surface area contributed by atoms with Crippen molar-refractivity contribution in [1.82, 2.24) is 5.43 Å². The molecule has 0 fully saturated rings. The van der Waals surface area contributed by atoms with Crippen molar-refractivity contribution < 1.29 is 14.3 Å². The number of methoxy groups -OCH3 is 1. The first-order valence-electron chi connectivity index (χ1n) is 5.59. The summed E-state index contributed by atoms with van der Waals surface area (Å²) in [7, 11) is 1.58. The van der Waals surface area contributed by atoms with Crippen molar-refractivity contribution in [2.75, 3.05) is 7.11 Å². The first-order valence-corrected chi connectivity index (χ1v) is 6.47. The maximum absolute atomic E-state index is 11.5. The third-order valence-corrected chi connectivity index (χ3v) is 3.49. The standard InChI is InChI=1S/C13H14N2O3S/c1-17-10-4-2-3-5-11(10)18-8-9-6-7-19-12(9)13(16)15-14/h2-7H,8,14H2,1H3,(H,15,16). The minimum Gasteiger partial charge on any atom is -0.493 e. The Kier molecular flexibility index (Phi) is 4.38. The normalized spacial score (nSPS) is 10.0. The average molecular weight is 278 g/mol. The SMILES string of the molecule is COc1ccccc1OCc1ccsc1C(=O)NN. The molecule has 3 N–H and O–H groups in total. The number of ether oxygens (including phenoxy) is 2. The second-order valence-corrected chi connectivity index (χ2v) is 4.60. The van der Waals surface area contributed by atoms with Crippen LogP contribution in [0.1, 0.15) is 15.2 Å². The predicted molar refractivity (Wildman–Crippen MR) is 73.3 cm³/mol. The van der Waals surface area contributed by atoms with Gasteiger partial charge in [0.25, 0.3) is 5.91 Å². The number of hydrazine groups is 1. The summed E-state index contributed by atoms with van der Waals surface area (Å²) in [5, 5.41) is 1.82. The lowest BCUT2D eigenvalue weighted by Crippen LogP contribution is -2.30. The lowest BCUT2D eigenvalue weighted by atomic mass is 10.2. The number of nitrogens with one attached hydrogen (secondary N) is 1. The van der Waals surface area contributed by atoms with Crippen LogP contribution in [0.5, 0.6) is 11.5 Å². The van der Waals surface area contributed by atoms with E-state index < -0.39 is 0 Å². The van der Waals surface area contributed by atoms with E-state index in [0.29, 0.717) is 16.4 Å². The summed E-state index contributed by atoms with van der Waals surface area (Å²) in [6.07, 6.45) is 0. The van der Waals surface area contributed by atoms with Crippen LogP contribution in [0, 0.1) is 0 Å². The van der Waals surface area contributed by atoms with E-state index in [-0.39, 0.29) is 12.5 Å². The molecule has 0 atom stereocenters. The summed E-state index contributed by atoms with van der Waals surface area (Å²) >= 11 is 1.32. The van der Waals surface area contributed by atoms with Crippen molar-refractivity contribution in [3.05, 3.63) is 46.2 Å². The number of carbonyl (C=O) groups excluding carboxylic acids is 1. The molecule has 100 valence electrons. The zero-order valence-corrected chi connectivity index (χ0v) is 11.2. The van der Waals surface area contributed by atoms with Gasteiger partial charge >= 0.3 is 0 Å². The Morgan fingerprint density at radius 1 is 1.32 bits per heavy atom. The zero-order chi connectivity index (χ0) is 13.7. The molecule has 0 bridgehead atoms. The summed E-state index contributed by atoms with van der Waals surface area (Å²) < 4.78 is 10.9. The Labute approximate surface area is 114 Å². The van der Waals surface area contributed by atoms with Crippen LogP contribution in [0.3, 0.4) is 0 Å². The molecule has 0 saturated carbocycles. The van der Waals surface area contributed by atoms with Gasteiger partial charge in [0, 0.05) is 5.56 Å². The van der Waals surface area contributed by atoms with Gasteiger partial charge in [-0.2, -0.15) is 0 Å².